The molecule has 0 aliphatic heterocycles. The zero-order valence-corrected chi connectivity index (χ0v) is 9.55. The van der Waals surface area contributed by atoms with Crippen molar-refractivity contribution in [2.75, 3.05) is 0 Å². The zero-order chi connectivity index (χ0) is 11.6. The summed E-state index contributed by atoms with van der Waals surface area (Å²) in [7, 11) is 1.66. The van der Waals surface area contributed by atoms with Gasteiger partial charge in [-0.05, 0) is 10.6 Å². The lowest BCUT2D eigenvalue weighted by molar-refractivity contribution is -0.0441. The number of aliphatic hydroxyl groups is 2. The number of tetrazole rings is 1. The van der Waals surface area contributed by atoms with Crippen molar-refractivity contribution in [1.82, 2.24) is 20.2 Å². The smallest absolute Gasteiger partial charge is 0.177 e. The molecule has 1 rings (SSSR count). The number of rotatable bonds is 3. The van der Waals surface area contributed by atoms with Crippen LogP contribution in [-0.2, 0) is 13.5 Å². The Morgan fingerprint density at radius 2 is 1.93 bits per heavy atom. The minimum absolute atomic E-state index is 0.215. The van der Waals surface area contributed by atoms with Crippen molar-refractivity contribution in [2.45, 2.75) is 39.4 Å². The molecule has 1 aromatic rings. The SMILES string of the molecule is Cn1nnc(CC(O)C(O)C(C)(C)C)n1. The van der Waals surface area contributed by atoms with Gasteiger partial charge in [-0.3, -0.25) is 0 Å². The minimum Gasteiger partial charge on any atom is -0.390 e. The maximum absolute atomic E-state index is 9.79. The molecule has 2 N–H and O–H groups in total. The summed E-state index contributed by atoms with van der Waals surface area (Å²) in [6, 6.07) is 0. The lowest BCUT2D eigenvalue weighted by atomic mass is 9.85. The van der Waals surface area contributed by atoms with Crippen LogP contribution in [0.25, 0.3) is 0 Å². The molecule has 0 saturated heterocycles. The highest BCUT2D eigenvalue weighted by molar-refractivity contribution is 4.88. The molecule has 0 spiro atoms. The molecule has 0 saturated carbocycles. The first-order valence-electron chi connectivity index (χ1n) is 4.89. The molecule has 0 fully saturated rings. The van der Waals surface area contributed by atoms with Crippen LogP contribution in [0.2, 0.25) is 0 Å². The normalized spacial score (nSPS) is 16.4. The second kappa shape index (κ2) is 4.24. The van der Waals surface area contributed by atoms with E-state index in [1.165, 1.54) is 4.80 Å². The molecule has 1 aromatic heterocycles. The van der Waals surface area contributed by atoms with Crippen LogP contribution in [0, 0.1) is 5.41 Å². The summed E-state index contributed by atoms with van der Waals surface area (Å²) in [5.74, 6) is 0.438. The number of hydrogen-bond donors (Lipinski definition) is 2. The summed E-state index contributed by atoms with van der Waals surface area (Å²) in [6.45, 7) is 5.60. The van der Waals surface area contributed by atoms with E-state index in [0.29, 0.717) is 5.82 Å². The average Bonchev–Trinajstić information content (AvgIpc) is 2.48. The zero-order valence-electron chi connectivity index (χ0n) is 9.55. The van der Waals surface area contributed by atoms with E-state index in [2.05, 4.69) is 15.4 Å². The molecule has 0 amide bonds. The first kappa shape index (κ1) is 12.1. The third kappa shape index (κ3) is 3.24. The summed E-state index contributed by atoms with van der Waals surface area (Å²) >= 11 is 0. The van der Waals surface area contributed by atoms with Gasteiger partial charge in [0, 0.05) is 6.42 Å². The Hall–Kier alpha value is -1.01. The summed E-state index contributed by atoms with van der Waals surface area (Å²) in [5.41, 5.74) is -0.359. The fourth-order valence-corrected chi connectivity index (χ4v) is 1.28. The van der Waals surface area contributed by atoms with Crippen LogP contribution in [0.15, 0.2) is 0 Å². The van der Waals surface area contributed by atoms with E-state index in [0.717, 1.165) is 0 Å². The summed E-state index contributed by atoms with van der Waals surface area (Å²) in [6.07, 6.45) is -1.46. The van der Waals surface area contributed by atoms with Gasteiger partial charge in [0.1, 0.15) is 0 Å². The molecular weight excluding hydrogens is 196 g/mol. The van der Waals surface area contributed by atoms with Crippen LogP contribution >= 0.6 is 0 Å². The van der Waals surface area contributed by atoms with Gasteiger partial charge in [0.25, 0.3) is 0 Å². The van der Waals surface area contributed by atoms with Crippen molar-refractivity contribution in [3.8, 4) is 0 Å². The van der Waals surface area contributed by atoms with Crippen molar-refractivity contribution in [2.24, 2.45) is 12.5 Å². The van der Waals surface area contributed by atoms with Gasteiger partial charge in [-0.2, -0.15) is 4.80 Å². The van der Waals surface area contributed by atoms with E-state index in [-0.39, 0.29) is 11.8 Å². The lowest BCUT2D eigenvalue weighted by Crippen LogP contribution is -2.39. The standard InChI is InChI=1S/C9H18N4O2/c1-9(2,3)8(15)6(14)5-7-10-12-13(4)11-7/h6,8,14-15H,5H2,1-4H3. The Morgan fingerprint density at radius 3 is 2.33 bits per heavy atom. The first-order valence-corrected chi connectivity index (χ1v) is 4.89. The maximum atomic E-state index is 9.79. The number of aromatic nitrogens is 4. The molecule has 0 radical (unpaired) electrons. The molecule has 0 aromatic carbocycles. The number of nitrogens with zero attached hydrogens (tertiary/aromatic N) is 4. The Morgan fingerprint density at radius 1 is 1.33 bits per heavy atom. The summed E-state index contributed by atoms with van der Waals surface area (Å²) in [4.78, 5) is 1.32. The Labute approximate surface area is 88.9 Å². The van der Waals surface area contributed by atoms with E-state index in [1.54, 1.807) is 7.05 Å². The largest absolute Gasteiger partial charge is 0.390 e. The van der Waals surface area contributed by atoms with Crippen LogP contribution < -0.4 is 0 Å². The monoisotopic (exact) mass is 214 g/mol. The quantitative estimate of drug-likeness (QED) is 0.710. The van der Waals surface area contributed by atoms with Gasteiger partial charge in [0.05, 0.1) is 19.3 Å². The average molecular weight is 214 g/mol. The van der Waals surface area contributed by atoms with Gasteiger partial charge < -0.3 is 10.2 Å². The van der Waals surface area contributed by atoms with E-state index in [1.807, 2.05) is 20.8 Å². The highest BCUT2D eigenvalue weighted by Gasteiger charge is 2.29. The Balaban J connectivity index is 2.59. The summed E-state index contributed by atoms with van der Waals surface area (Å²) in [5, 5.41) is 30.9. The van der Waals surface area contributed by atoms with Crippen LogP contribution in [0.3, 0.4) is 0 Å². The van der Waals surface area contributed by atoms with E-state index in [9.17, 15) is 10.2 Å². The van der Waals surface area contributed by atoms with Crippen LogP contribution in [-0.4, -0.2) is 42.6 Å². The molecule has 0 aliphatic rings. The van der Waals surface area contributed by atoms with Gasteiger partial charge in [0.2, 0.25) is 0 Å². The second-order valence-corrected chi connectivity index (χ2v) is 4.78. The van der Waals surface area contributed by atoms with Crippen molar-refractivity contribution < 1.29 is 10.2 Å². The number of aliphatic hydroxyl groups excluding tert-OH is 2. The van der Waals surface area contributed by atoms with E-state index < -0.39 is 12.2 Å². The Kier molecular flexibility index (Phi) is 3.41. The number of hydrogen-bond acceptors (Lipinski definition) is 5. The fourth-order valence-electron chi connectivity index (χ4n) is 1.28. The maximum Gasteiger partial charge on any atom is 0.177 e. The predicted molar refractivity (Wildman–Crippen MR) is 54.0 cm³/mol. The van der Waals surface area contributed by atoms with Crippen molar-refractivity contribution in [3.63, 3.8) is 0 Å². The third-order valence-electron chi connectivity index (χ3n) is 2.19. The van der Waals surface area contributed by atoms with Crippen LogP contribution in [0.1, 0.15) is 26.6 Å². The molecular formula is C9H18N4O2. The second-order valence-electron chi connectivity index (χ2n) is 4.78. The van der Waals surface area contributed by atoms with Crippen molar-refractivity contribution >= 4 is 0 Å². The molecule has 0 aliphatic carbocycles. The molecule has 6 nitrogen and oxygen atoms in total. The van der Waals surface area contributed by atoms with Gasteiger partial charge in [-0.15, -0.1) is 10.2 Å². The molecule has 6 heteroatoms. The number of aryl methyl sites for hydroxylation is 1. The molecule has 1 heterocycles. The molecule has 86 valence electrons. The van der Waals surface area contributed by atoms with Crippen LogP contribution in [0.5, 0.6) is 0 Å². The fraction of sp³-hybridized carbons (Fsp3) is 0.889. The highest BCUT2D eigenvalue weighted by Crippen LogP contribution is 2.22. The molecule has 15 heavy (non-hydrogen) atoms. The topological polar surface area (TPSA) is 84.1 Å². The van der Waals surface area contributed by atoms with E-state index >= 15 is 0 Å². The minimum atomic E-state index is -0.866. The highest BCUT2D eigenvalue weighted by atomic mass is 16.3. The van der Waals surface area contributed by atoms with Crippen LogP contribution in [0.4, 0.5) is 0 Å². The van der Waals surface area contributed by atoms with Gasteiger partial charge >= 0.3 is 0 Å². The van der Waals surface area contributed by atoms with Gasteiger partial charge in [0.15, 0.2) is 5.82 Å². The predicted octanol–water partition coefficient (Wildman–Crippen LogP) is -0.480. The van der Waals surface area contributed by atoms with Gasteiger partial charge in [-0.1, -0.05) is 20.8 Å². The third-order valence-corrected chi connectivity index (χ3v) is 2.19. The van der Waals surface area contributed by atoms with Crippen molar-refractivity contribution in [3.05, 3.63) is 5.82 Å². The Bertz CT molecular complexity index is 318. The first-order chi connectivity index (χ1) is 6.80. The molecule has 2 atom stereocenters. The summed E-state index contributed by atoms with van der Waals surface area (Å²) < 4.78 is 0. The molecule has 0 bridgehead atoms. The van der Waals surface area contributed by atoms with Crippen molar-refractivity contribution in [1.29, 1.82) is 0 Å². The lowest BCUT2D eigenvalue weighted by Gasteiger charge is -2.29. The van der Waals surface area contributed by atoms with Gasteiger partial charge in [-0.25, -0.2) is 0 Å². The van der Waals surface area contributed by atoms with E-state index in [4.69, 9.17) is 0 Å². The molecule has 2 unspecified atom stereocenters.